The lowest BCUT2D eigenvalue weighted by Crippen LogP contribution is -2.40. The summed E-state index contributed by atoms with van der Waals surface area (Å²) >= 11 is 8.92. The smallest absolute Gasteiger partial charge is 0.237 e. The molecule has 1 rings (SSSR count). The number of likely N-dealkylation sites (tertiary alicyclic amines) is 1. The molecule has 1 amide bonds. The van der Waals surface area contributed by atoms with Gasteiger partial charge in [-0.05, 0) is 12.8 Å². The number of halogens is 2. The van der Waals surface area contributed by atoms with E-state index in [0.717, 1.165) is 25.9 Å². The molecule has 1 heterocycles. The summed E-state index contributed by atoms with van der Waals surface area (Å²) < 4.78 is 0. The molecular weight excluding hydrogens is 229 g/mol. The molecule has 64 valence electrons. The third-order valence-electron chi connectivity index (χ3n) is 1.83. The minimum atomic E-state index is 0.0517. The lowest BCUT2D eigenvalue weighted by Gasteiger charge is -2.29. The van der Waals surface area contributed by atoms with E-state index >= 15 is 0 Å². The second-order valence-electron chi connectivity index (χ2n) is 2.71. The van der Waals surface area contributed by atoms with Crippen LogP contribution in [0.3, 0.4) is 0 Å². The Labute approximate surface area is 80.0 Å². The zero-order valence-electron chi connectivity index (χ0n) is 6.22. The molecule has 0 N–H and O–H groups in total. The molecule has 2 nitrogen and oxygen atoms in total. The summed E-state index contributed by atoms with van der Waals surface area (Å²) in [4.78, 5) is 13.4. The predicted octanol–water partition coefficient (Wildman–Crippen LogP) is 1.61. The molecule has 0 saturated carbocycles. The van der Waals surface area contributed by atoms with Gasteiger partial charge in [-0.3, -0.25) is 4.79 Å². The SMILES string of the molecule is O=C(CCl)N1CCCC(Br)C1. The lowest BCUT2D eigenvalue weighted by atomic mass is 10.1. The Morgan fingerprint density at radius 2 is 2.45 bits per heavy atom. The first-order valence-electron chi connectivity index (χ1n) is 3.72. The number of piperidine rings is 1. The molecule has 1 atom stereocenters. The van der Waals surface area contributed by atoms with Gasteiger partial charge in [0.25, 0.3) is 0 Å². The number of alkyl halides is 2. The van der Waals surface area contributed by atoms with Gasteiger partial charge in [0, 0.05) is 17.9 Å². The zero-order valence-corrected chi connectivity index (χ0v) is 8.57. The summed E-state index contributed by atoms with van der Waals surface area (Å²) in [6, 6.07) is 0. The second-order valence-corrected chi connectivity index (χ2v) is 4.28. The Hall–Kier alpha value is 0.240. The van der Waals surface area contributed by atoms with Crippen molar-refractivity contribution in [2.75, 3.05) is 19.0 Å². The fourth-order valence-corrected chi connectivity index (χ4v) is 2.08. The van der Waals surface area contributed by atoms with Crippen molar-refractivity contribution >= 4 is 33.4 Å². The Bertz CT molecular complexity index is 153. The van der Waals surface area contributed by atoms with Gasteiger partial charge in [-0.1, -0.05) is 15.9 Å². The first-order valence-corrected chi connectivity index (χ1v) is 5.17. The monoisotopic (exact) mass is 239 g/mol. The molecule has 1 saturated heterocycles. The highest BCUT2D eigenvalue weighted by molar-refractivity contribution is 9.09. The number of carbonyl (C=O) groups excluding carboxylic acids is 1. The van der Waals surface area contributed by atoms with Crippen molar-refractivity contribution in [3.8, 4) is 0 Å². The minimum absolute atomic E-state index is 0.0517. The van der Waals surface area contributed by atoms with Gasteiger partial charge in [-0.15, -0.1) is 11.6 Å². The van der Waals surface area contributed by atoms with Crippen LogP contribution < -0.4 is 0 Å². The predicted molar refractivity (Wildman–Crippen MR) is 49.2 cm³/mol. The molecule has 1 unspecified atom stereocenters. The quantitative estimate of drug-likeness (QED) is 0.638. The van der Waals surface area contributed by atoms with Crippen LogP contribution in [0.5, 0.6) is 0 Å². The summed E-state index contributed by atoms with van der Waals surface area (Å²) in [5, 5.41) is 0. The van der Waals surface area contributed by atoms with Gasteiger partial charge in [-0.25, -0.2) is 0 Å². The van der Waals surface area contributed by atoms with Crippen LogP contribution in [-0.2, 0) is 4.79 Å². The molecule has 0 radical (unpaired) electrons. The van der Waals surface area contributed by atoms with E-state index in [-0.39, 0.29) is 11.8 Å². The third kappa shape index (κ3) is 2.64. The van der Waals surface area contributed by atoms with Gasteiger partial charge in [0.1, 0.15) is 5.88 Å². The van der Waals surface area contributed by atoms with Gasteiger partial charge in [0.15, 0.2) is 0 Å². The molecule has 0 aliphatic carbocycles. The standard InChI is InChI=1S/C7H11BrClNO/c8-6-2-1-3-10(5-6)7(11)4-9/h6H,1-5H2. The van der Waals surface area contributed by atoms with E-state index < -0.39 is 0 Å². The maximum absolute atomic E-state index is 11.1. The fraction of sp³-hybridized carbons (Fsp3) is 0.857. The largest absolute Gasteiger partial charge is 0.341 e. The van der Waals surface area contributed by atoms with Crippen LogP contribution in [0, 0.1) is 0 Å². The third-order valence-corrected chi connectivity index (χ3v) is 2.81. The van der Waals surface area contributed by atoms with Crippen LogP contribution in [0.1, 0.15) is 12.8 Å². The van der Waals surface area contributed by atoms with Crippen molar-refractivity contribution < 1.29 is 4.79 Å². The number of amides is 1. The number of rotatable bonds is 1. The topological polar surface area (TPSA) is 20.3 Å². The molecular formula is C7H11BrClNO. The first-order chi connectivity index (χ1) is 5.24. The van der Waals surface area contributed by atoms with Gasteiger partial charge >= 0.3 is 0 Å². The van der Waals surface area contributed by atoms with Crippen molar-refractivity contribution in [2.24, 2.45) is 0 Å². The Balaban J connectivity index is 2.39. The fourth-order valence-electron chi connectivity index (χ4n) is 1.24. The normalized spacial score (nSPS) is 25.3. The molecule has 0 spiro atoms. The van der Waals surface area contributed by atoms with Crippen LogP contribution in [0.4, 0.5) is 0 Å². The summed E-state index contributed by atoms with van der Waals surface area (Å²) in [6.45, 7) is 1.68. The van der Waals surface area contributed by atoms with E-state index in [1.807, 2.05) is 4.90 Å². The van der Waals surface area contributed by atoms with E-state index in [4.69, 9.17) is 11.6 Å². The number of nitrogens with zero attached hydrogens (tertiary/aromatic N) is 1. The number of hydrogen-bond donors (Lipinski definition) is 0. The molecule has 0 aromatic heterocycles. The Morgan fingerprint density at radius 3 is 3.00 bits per heavy atom. The van der Waals surface area contributed by atoms with Crippen molar-refractivity contribution in [3.63, 3.8) is 0 Å². The van der Waals surface area contributed by atoms with Crippen LogP contribution in [0.25, 0.3) is 0 Å². The summed E-state index contributed by atoms with van der Waals surface area (Å²) in [5.74, 6) is 0.163. The van der Waals surface area contributed by atoms with Gasteiger partial charge in [0.2, 0.25) is 5.91 Å². The van der Waals surface area contributed by atoms with Gasteiger partial charge in [0.05, 0.1) is 0 Å². The summed E-state index contributed by atoms with van der Waals surface area (Å²) in [5.41, 5.74) is 0. The van der Waals surface area contributed by atoms with E-state index in [2.05, 4.69) is 15.9 Å². The average molecular weight is 241 g/mol. The maximum atomic E-state index is 11.1. The van der Waals surface area contributed by atoms with E-state index in [9.17, 15) is 4.79 Å². The number of hydrogen-bond acceptors (Lipinski definition) is 1. The highest BCUT2D eigenvalue weighted by atomic mass is 79.9. The van der Waals surface area contributed by atoms with Crippen LogP contribution >= 0.6 is 27.5 Å². The molecule has 1 aliphatic rings. The van der Waals surface area contributed by atoms with Crippen LogP contribution in [0.15, 0.2) is 0 Å². The van der Waals surface area contributed by atoms with Gasteiger partial charge < -0.3 is 4.90 Å². The molecule has 4 heteroatoms. The highest BCUT2D eigenvalue weighted by Crippen LogP contribution is 2.16. The number of carbonyl (C=O) groups is 1. The maximum Gasteiger partial charge on any atom is 0.237 e. The van der Waals surface area contributed by atoms with Crippen LogP contribution in [-0.4, -0.2) is 34.6 Å². The van der Waals surface area contributed by atoms with E-state index in [1.54, 1.807) is 0 Å². The van der Waals surface area contributed by atoms with E-state index in [1.165, 1.54) is 0 Å². The molecule has 0 bridgehead atoms. The molecule has 1 aliphatic heterocycles. The second kappa shape index (κ2) is 4.31. The van der Waals surface area contributed by atoms with Crippen molar-refractivity contribution in [1.29, 1.82) is 0 Å². The molecule has 11 heavy (non-hydrogen) atoms. The van der Waals surface area contributed by atoms with Crippen molar-refractivity contribution in [1.82, 2.24) is 4.90 Å². The van der Waals surface area contributed by atoms with Crippen LogP contribution in [0.2, 0.25) is 0 Å². The molecule has 1 fully saturated rings. The lowest BCUT2D eigenvalue weighted by molar-refractivity contribution is -0.129. The van der Waals surface area contributed by atoms with E-state index in [0.29, 0.717) is 4.83 Å². The molecule has 0 aromatic rings. The van der Waals surface area contributed by atoms with Gasteiger partial charge in [-0.2, -0.15) is 0 Å². The zero-order chi connectivity index (χ0) is 8.27. The first kappa shape index (κ1) is 9.33. The average Bonchev–Trinajstić information content (AvgIpc) is 2.03. The minimum Gasteiger partial charge on any atom is -0.341 e. The summed E-state index contributed by atoms with van der Waals surface area (Å²) in [7, 11) is 0. The highest BCUT2D eigenvalue weighted by Gasteiger charge is 2.20. The van der Waals surface area contributed by atoms with Crippen molar-refractivity contribution in [2.45, 2.75) is 17.7 Å². The van der Waals surface area contributed by atoms with Crippen molar-refractivity contribution in [3.05, 3.63) is 0 Å². The molecule has 0 aromatic carbocycles. The summed E-state index contributed by atoms with van der Waals surface area (Å²) in [6.07, 6.45) is 2.24. The Morgan fingerprint density at radius 1 is 1.73 bits per heavy atom. The Kier molecular flexibility index (Phi) is 3.66.